The highest BCUT2D eigenvalue weighted by atomic mass is 16.5. The number of amides is 1. The number of rotatable bonds is 8. The lowest BCUT2D eigenvalue weighted by molar-refractivity contribution is -0.142. The van der Waals surface area contributed by atoms with Gasteiger partial charge in [-0.25, -0.2) is 0 Å². The fourth-order valence-corrected chi connectivity index (χ4v) is 2.94. The maximum Gasteiger partial charge on any atom is 0.256 e. The zero-order chi connectivity index (χ0) is 18.3. The van der Waals surface area contributed by atoms with E-state index in [0.717, 1.165) is 0 Å². The Morgan fingerprint density at radius 2 is 1.79 bits per heavy atom. The number of carbonyl (C=O) groups excluding carboxylic acids is 1. The summed E-state index contributed by atoms with van der Waals surface area (Å²) in [5, 5.41) is 12.2. The van der Waals surface area contributed by atoms with Gasteiger partial charge in [0.05, 0.1) is 18.4 Å². The van der Waals surface area contributed by atoms with E-state index in [9.17, 15) is 10.1 Å². The van der Waals surface area contributed by atoms with Gasteiger partial charge in [0.25, 0.3) is 5.91 Å². The van der Waals surface area contributed by atoms with Crippen LogP contribution < -0.4 is 10.1 Å². The molecular weight excluding hydrogens is 304 g/mol. The molecule has 1 amide bonds. The molecule has 1 rings (SSSR count). The van der Waals surface area contributed by atoms with Crippen molar-refractivity contribution in [1.82, 2.24) is 0 Å². The number of nitrogens with zero attached hydrogens (tertiary/aromatic N) is 1. The molecule has 1 aromatic rings. The molecule has 0 fully saturated rings. The molecule has 0 atom stereocenters. The number of ether oxygens (including phenoxy) is 2. The van der Waals surface area contributed by atoms with Crippen molar-refractivity contribution in [3.8, 4) is 11.8 Å². The summed E-state index contributed by atoms with van der Waals surface area (Å²) in [5.74, 6) is 0.975. The van der Waals surface area contributed by atoms with Gasteiger partial charge in [0.1, 0.15) is 17.4 Å². The molecule has 0 heterocycles. The summed E-state index contributed by atoms with van der Waals surface area (Å²) < 4.78 is 10.8. The quantitative estimate of drug-likeness (QED) is 0.781. The van der Waals surface area contributed by atoms with Crippen LogP contribution in [-0.4, -0.2) is 25.7 Å². The van der Waals surface area contributed by atoms with Crippen LogP contribution in [0.2, 0.25) is 0 Å². The third kappa shape index (κ3) is 4.97. The van der Waals surface area contributed by atoms with Crippen LogP contribution in [0.25, 0.3) is 0 Å². The summed E-state index contributed by atoms with van der Waals surface area (Å²) >= 11 is 0. The van der Waals surface area contributed by atoms with Crippen LogP contribution in [0.5, 0.6) is 5.75 Å². The predicted octanol–water partition coefficient (Wildman–Crippen LogP) is 3.98. The van der Waals surface area contributed by atoms with Crippen molar-refractivity contribution in [2.24, 2.45) is 11.8 Å². The lowest BCUT2D eigenvalue weighted by Crippen LogP contribution is -2.47. The van der Waals surface area contributed by atoms with Gasteiger partial charge >= 0.3 is 0 Å². The molecule has 24 heavy (non-hydrogen) atoms. The Balaban J connectivity index is 3.14. The molecule has 0 aliphatic heterocycles. The highest BCUT2D eigenvalue weighted by Gasteiger charge is 2.40. The number of nitriles is 1. The zero-order valence-corrected chi connectivity index (χ0v) is 15.5. The van der Waals surface area contributed by atoms with E-state index in [2.05, 4.69) is 39.1 Å². The smallest absolute Gasteiger partial charge is 0.256 e. The van der Waals surface area contributed by atoms with Crippen molar-refractivity contribution >= 4 is 11.6 Å². The van der Waals surface area contributed by atoms with E-state index in [4.69, 9.17) is 9.47 Å². The second kappa shape index (κ2) is 8.70. The van der Waals surface area contributed by atoms with Crippen LogP contribution in [0.3, 0.4) is 0 Å². The van der Waals surface area contributed by atoms with Crippen molar-refractivity contribution < 1.29 is 14.3 Å². The standard InChI is InChI=1S/C19H28N2O3/c1-13(2)10-19(24-6,11-14(3)4)18(22)21-17-8-7-16(23-5)9-15(17)12-20/h7-9,13-14H,10-11H2,1-6H3,(H,21,22). The van der Waals surface area contributed by atoms with Crippen LogP contribution in [-0.2, 0) is 9.53 Å². The highest BCUT2D eigenvalue weighted by molar-refractivity contribution is 5.98. The molecule has 5 nitrogen and oxygen atoms in total. The van der Waals surface area contributed by atoms with E-state index >= 15 is 0 Å². The van der Waals surface area contributed by atoms with Crippen LogP contribution in [0, 0.1) is 23.2 Å². The number of methoxy groups -OCH3 is 2. The number of carbonyl (C=O) groups is 1. The Bertz CT molecular complexity index is 593. The van der Waals surface area contributed by atoms with E-state index in [0.29, 0.717) is 41.7 Å². The lowest BCUT2D eigenvalue weighted by Gasteiger charge is -2.34. The fraction of sp³-hybridized carbons (Fsp3) is 0.579. The molecule has 0 aromatic heterocycles. The summed E-state index contributed by atoms with van der Waals surface area (Å²) in [5.41, 5.74) is -0.0753. The second-order valence-electron chi connectivity index (χ2n) is 6.87. The molecule has 5 heteroatoms. The third-order valence-corrected chi connectivity index (χ3v) is 3.88. The van der Waals surface area contributed by atoms with Crippen LogP contribution in [0.1, 0.15) is 46.1 Å². The molecule has 0 saturated carbocycles. The lowest BCUT2D eigenvalue weighted by atomic mass is 9.84. The molecule has 0 spiro atoms. The number of benzene rings is 1. The number of anilines is 1. The first-order valence-corrected chi connectivity index (χ1v) is 8.22. The van der Waals surface area contributed by atoms with Crippen molar-refractivity contribution in [2.45, 2.75) is 46.1 Å². The van der Waals surface area contributed by atoms with E-state index in [1.54, 1.807) is 25.3 Å². The Morgan fingerprint density at radius 1 is 1.21 bits per heavy atom. The average molecular weight is 332 g/mol. The van der Waals surface area contributed by atoms with Gasteiger partial charge in [-0.3, -0.25) is 4.79 Å². The summed E-state index contributed by atoms with van der Waals surface area (Å²) in [4.78, 5) is 13.0. The minimum absolute atomic E-state index is 0.214. The Kier molecular flexibility index (Phi) is 7.24. The Morgan fingerprint density at radius 3 is 2.21 bits per heavy atom. The second-order valence-corrected chi connectivity index (χ2v) is 6.87. The van der Waals surface area contributed by atoms with E-state index < -0.39 is 5.60 Å². The SMILES string of the molecule is COc1ccc(NC(=O)C(CC(C)C)(CC(C)C)OC)c(C#N)c1. The van der Waals surface area contributed by atoms with Gasteiger partial charge in [-0.1, -0.05) is 27.7 Å². The maximum absolute atomic E-state index is 13.0. The molecular formula is C19H28N2O3. The topological polar surface area (TPSA) is 71.3 Å². The first kappa shape index (κ1) is 20.0. The first-order chi connectivity index (χ1) is 11.3. The third-order valence-electron chi connectivity index (χ3n) is 3.88. The Labute approximate surface area is 145 Å². The minimum Gasteiger partial charge on any atom is -0.497 e. The Hall–Kier alpha value is -2.06. The first-order valence-electron chi connectivity index (χ1n) is 8.22. The van der Waals surface area contributed by atoms with Crippen molar-refractivity contribution in [3.63, 3.8) is 0 Å². The van der Waals surface area contributed by atoms with Gasteiger partial charge in [-0.2, -0.15) is 5.26 Å². The normalized spacial score (nSPS) is 11.5. The number of nitrogens with one attached hydrogen (secondary N) is 1. The highest BCUT2D eigenvalue weighted by Crippen LogP contribution is 2.31. The van der Waals surface area contributed by atoms with E-state index in [-0.39, 0.29) is 5.91 Å². The molecule has 0 aliphatic rings. The van der Waals surface area contributed by atoms with Gasteiger partial charge in [-0.05, 0) is 42.9 Å². The van der Waals surface area contributed by atoms with Crippen molar-refractivity contribution in [2.75, 3.05) is 19.5 Å². The molecule has 0 radical (unpaired) electrons. The summed E-state index contributed by atoms with van der Waals surface area (Å²) in [6, 6.07) is 7.10. The summed E-state index contributed by atoms with van der Waals surface area (Å²) in [6.45, 7) is 8.26. The molecule has 1 aromatic carbocycles. The molecule has 0 bridgehead atoms. The van der Waals surface area contributed by atoms with E-state index in [1.165, 1.54) is 7.11 Å². The van der Waals surface area contributed by atoms with Gasteiger partial charge in [0.2, 0.25) is 0 Å². The molecule has 0 aliphatic carbocycles. The summed E-state index contributed by atoms with van der Waals surface area (Å²) in [6.07, 6.45) is 1.23. The van der Waals surface area contributed by atoms with Crippen LogP contribution in [0.15, 0.2) is 18.2 Å². The number of hydrogen-bond acceptors (Lipinski definition) is 4. The monoisotopic (exact) mass is 332 g/mol. The summed E-state index contributed by atoms with van der Waals surface area (Å²) in [7, 11) is 3.11. The minimum atomic E-state index is -0.908. The van der Waals surface area contributed by atoms with Crippen LogP contribution >= 0.6 is 0 Å². The largest absolute Gasteiger partial charge is 0.497 e. The average Bonchev–Trinajstić information content (AvgIpc) is 2.53. The van der Waals surface area contributed by atoms with Gasteiger partial charge in [-0.15, -0.1) is 0 Å². The van der Waals surface area contributed by atoms with Crippen LogP contribution in [0.4, 0.5) is 5.69 Å². The van der Waals surface area contributed by atoms with Gasteiger partial charge < -0.3 is 14.8 Å². The molecule has 132 valence electrons. The maximum atomic E-state index is 13.0. The molecule has 0 saturated heterocycles. The predicted molar refractivity (Wildman–Crippen MR) is 95.0 cm³/mol. The van der Waals surface area contributed by atoms with Gasteiger partial charge in [0.15, 0.2) is 0 Å². The van der Waals surface area contributed by atoms with Crippen molar-refractivity contribution in [3.05, 3.63) is 23.8 Å². The molecule has 1 N–H and O–H groups in total. The zero-order valence-electron chi connectivity index (χ0n) is 15.5. The van der Waals surface area contributed by atoms with E-state index in [1.807, 2.05) is 0 Å². The number of hydrogen-bond donors (Lipinski definition) is 1. The van der Waals surface area contributed by atoms with Crippen molar-refractivity contribution in [1.29, 1.82) is 5.26 Å². The fourth-order valence-electron chi connectivity index (χ4n) is 2.94. The van der Waals surface area contributed by atoms with Gasteiger partial charge in [0, 0.05) is 7.11 Å². The molecule has 0 unspecified atom stereocenters.